The minimum atomic E-state index is -2.17. The number of rotatable bonds is 31. The van der Waals surface area contributed by atoms with E-state index >= 15 is 0 Å². The molecule has 36 nitrogen and oxygen atoms in total. The number of carboxylic acid groups (broad SMARTS) is 2. The van der Waals surface area contributed by atoms with Crippen LogP contribution < -0.4 is 70.4 Å². The van der Waals surface area contributed by atoms with Gasteiger partial charge in [-0.3, -0.25) is 81.5 Å². The molecule has 2 aliphatic rings. The molecule has 1 saturated heterocycles. The predicted molar refractivity (Wildman–Crippen MR) is 427 cm³/mol. The van der Waals surface area contributed by atoms with Gasteiger partial charge >= 0.3 is 17.9 Å². The van der Waals surface area contributed by atoms with Crippen LogP contribution >= 0.6 is 0 Å². The van der Waals surface area contributed by atoms with Gasteiger partial charge < -0.3 is 95.4 Å². The van der Waals surface area contributed by atoms with Crippen LogP contribution in [0.4, 0.5) is 5.69 Å². The molecule has 20 N–H and O–H groups in total. The Labute approximate surface area is 682 Å². The zero-order valence-electron chi connectivity index (χ0n) is 67.3. The molecule has 642 valence electrons. The average molecular weight is 1650 g/mol. The molecule has 0 spiro atoms. The Hall–Kier alpha value is -11.8. The number of esters is 1. The van der Waals surface area contributed by atoms with Crippen molar-refractivity contribution in [2.45, 2.75) is 224 Å². The maximum atomic E-state index is 14.9. The van der Waals surface area contributed by atoms with Gasteiger partial charge in [-0.1, -0.05) is 102 Å². The summed E-state index contributed by atoms with van der Waals surface area (Å²) in [5.41, 5.74) is 19.9. The second kappa shape index (κ2) is 46.8. The van der Waals surface area contributed by atoms with E-state index in [1.165, 1.54) is 84.1 Å². The van der Waals surface area contributed by atoms with Crippen LogP contribution in [0.1, 0.15) is 195 Å². The van der Waals surface area contributed by atoms with Gasteiger partial charge in [0.2, 0.25) is 59.1 Å². The average Bonchev–Trinajstić information content (AvgIpc) is 1.65. The Kier molecular flexibility index (Phi) is 37.7. The number of aliphatic hydroxyl groups excluding tert-OH is 1. The quantitative estimate of drug-likeness (QED) is 0.0145. The lowest BCUT2D eigenvalue weighted by molar-refractivity contribution is -0.156. The van der Waals surface area contributed by atoms with Crippen LogP contribution in [0.5, 0.6) is 0 Å². The molecule has 1 aromatic heterocycles. The van der Waals surface area contributed by atoms with Crippen LogP contribution in [0.2, 0.25) is 0 Å². The first-order valence-corrected chi connectivity index (χ1v) is 39.8. The number of cyclic esters (lactones) is 1. The summed E-state index contributed by atoms with van der Waals surface area (Å²) < 4.78 is 5.80. The topological polar surface area (TPSA) is 591 Å². The van der Waals surface area contributed by atoms with E-state index in [4.69, 9.17) is 21.9 Å². The molecule has 4 aromatic rings. The minimum absolute atomic E-state index is 0.0122. The summed E-state index contributed by atoms with van der Waals surface area (Å²) in [4.78, 5) is 253. The van der Waals surface area contributed by atoms with Crippen molar-refractivity contribution in [1.29, 1.82) is 0 Å². The number of nitrogens with two attached hydrogens (primary N) is 3. The Morgan fingerprint density at radius 1 is 0.610 bits per heavy atom. The number of carbonyl (C=O) groups is 18. The van der Waals surface area contributed by atoms with Crippen LogP contribution in [0, 0.1) is 29.6 Å². The van der Waals surface area contributed by atoms with Crippen molar-refractivity contribution in [2.75, 3.05) is 32.0 Å². The summed E-state index contributed by atoms with van der Waals surface area (Å²) in [6, 6.07) is 5.50. The number of primary amides is 1. The number of aromatic amines is 1. The van der Waals surface area contributed by atoms with E-state index in [2.05, 4.69) is 65.1 Å². The Morgan fingerprint density at radius 2 is 1.25 bits per heavy atom. The third-order valence-electron chi connectivity index (χ3n) is 21.2. The van der Waals surface area contributed by atoms with Crippen molar-refractivity contribution in [1.82, 2.24) is 58.2 Å². The lowest BCUT2D eigenvalue weighted by atomic mass is 9.77. The maximum absolute atomic E-state index is 14.9. The van der Waals surface area contributed by atoms with Crippen LogP contribution in [-0.2, 0) is 87.9 Å². The summed E-state index contributed by atoms with van der Waals surface area (Å²) in [7, 11) is 0. The highest BCUT2D eigenvalue weighted by Crippen LogP contribution is 2.38. The molecule has 1 aliphatic heterocycles. The number of benzene rings is 3. The molecular weight excluding hydrogens is 1530 g/mol. The van der Waals surface area contributed by atoms with Crippen LogP contribution in [0.25, 0.3) is 10.9 Å². The van der Waals surface area contributed by atoms with Crippen molar-refractivity contribution < 1.29 is 106 Å². The van der Waals surface area contributed by atoms with Gasteiger partial charge in [-0.2, -0.15) is 0 Å². The molecule has 13 atom stereocenters. The minimum Gasteiger partial charge on any atom is -0.481 e. The molecule has 36 heteroatoms. The maximum Gasteiger partial charge on any atom is 0.329 e. The fourth-order valence-corrected chi connectivity index (χ4v) is 14.2. The number of carbonyl (C=O) groups excluding carboxylic acids is 16. The van der Waals surface area contributed by atoms with E-state index in [1.807, 2.05) is 12.1 Å². The summed E-state index contributed by atoms with van der Waals surface area (Å²) >= 11 is 0. The van der Waals surface area contributed by atoms with Gasteiger partial charge in [0.15, 0.2) is 23.1 Å². The number of hydrogen-bond donors (Lipinski definition) is 17. The monoisotopic (exact) mass is 1640 g/mol. The van der Waals surface area contributed by atoms with E-state index in [9.17, 15) is 102 Å². The molecule has 118 heavy (non-hydrogen) atoms. The van der Waals surface area contributed by atoms with E-state index in [1.54, 1.807) is 42.6 Å². The Morgan fingerprint density at radius 3 is 1.88 bits per heavy atom. The lowest BCUT2D eigenvalue weighted by Crippen LogP contribution is -2.58. The number of aliphatic hydroxyl groups is 1. The lowest BCUT2D eigenvalue weighted by Gasteiger charge is -2.29. The van der Waals surface area contributed by atoms with Gasteiger partial charge in [0.1, 0.15) is 42.4 Å². The van der Waals surface area contributed by atoms with Crippen molar-refractivity contribution in [3.63, 3.8) is 0 Å². The molecule has 1 saturated carbocycles. The number of H-pyrrole nitrogens is 1. The van der Waals surface area contributed by atoms with Gasteiger partial charge in [0.05, 0.1) is 44.6 Å². The Bertz CT molecular complexity index is 4270. The first-order chi connectivity index (χ1) is 56.0. The van der Waals surface area contributed by atoms with Crippen molar-refractivity contribution >= 4 is 123 Å². The van der Waals surface area contributed by atoms with E-state index < -0.39 is 249 Å². The van der Waals surface area contributed by atoms with Gasteiger partial charge in [-0.25, -0.2) is 4.79 Å². The normalized spacial score (nSPS) is 23.2. The van der Waals surface area contributed by atoms with Gasteiger partial charge in [-0.05, 0) is 118 Å². The second-order valence-electron chi connectivity index (χ2n) is 30.6. The smallest absolute Gasteiger partial charge is 0.329 e. The summed E-state index contributed by atoms with van der Waals surface area (Å²) in [5, 5.41) is 54.5. The van der Waals surface area contributed by atoms with Crippen LogP contribution in [0.15, 0.2) is 79.0 Å². The van der Waals surface area contributed by atoms with E-state index in [0.29, 0.717) is 28.3 Å². The molecule has 2 fully saturated rings. The molecule has 3 aromatic carbocycles. The third-order valence-corrected chi connectivity index (χ3v) is 21.2. The number of fused-ring (bicyclic) bond motifs is 1. The molecule has 0 bridgehead atoms. The molecular formula is C82H112N14O22. The number of carboxylic acids is 2. The number of aliphatic carboxylic acids is 2. The highest BCUT2D eigenvalue weighted by molar-refractivity contribution is 6.05. The number of ether oxygens (including phenoxy) is 1. The number of nitrogens with one attached hydrogen (secondary N) is 11. The van der Waals surface area contributed by atoms with Crippen LogP contribution in [0.3, 0.4) is 0 Å². The molecule has 0 unspecified atom stereocenters. The standard InChI is InChI=1S/C82H112N14O22/c1-7-8-9-10-16-48-22-24-49(25-23-48)50-26-28-51(29-27-50)77(112)94-61(34-52-39-86-57-20-14-12-17-53(52)57)80(115)92-59(37-68(85)102)65(99)32-45(4)75(110)96-73-47(6)118-82(117)62(36-64(98)54-18-11-13-19-56(54)84)95-78(113)55(43(2)33-71(105)106)35-67(101)63(42-97)91-70(104)40-87-76(111)46(5)89-74(109)44(3)31-66(100)60(38-72(107)108)93-79(114)58(21-15-30-83)90-69(103)41-88-81(73)116/h11-14,17-20,26-29,39,43-49,55,58-63,73,86,97H,7-10,15-16,21-25,30-38,40-42,83-84H2,1-6H3,(H2,85,102)(H,87,111)(H,88,116)(H,89,109)(H,90,103)(H,91,104)(H,92,115)(H,93,114)(H,94,112)(H,95,113)(H,96,110)(H,105,106)(H,107,108)/t43-,44+,45-,46+,47-,48?,49?,55+,58+,59-,60+,61+,62+,63-,73+/m1/s1. The third kappa shape index (κ3) is 29.7. The molecule has 0 radical (unpaired) electrons. The summed E-state index contributed by atoms with van der Waals surface area (Å²) in [6.07, 6.45) is 3.27. The zero-order valence-corrected chi connectivity index (χ0v) is 67.3. The van der Waals surface area contributed by atoms with Gasteiger partial charge in [0.25, 0.3) is 5.91 Å². The number of aromatic nitrogens is 1. The van der Waals surface area contributed by atoms with E-state index in [-0.39, 0.29) is 42.6 Å². The highest BCUT2D eigenvalue weighted by atomic mass is 16.5. The number of anilines is 1. The molecule has 2 heterocycles. The van der Waals surface area contributed by atoms with Gasteiger partial charge in [-0.15, -0.1) is 0 Å². The number of unbranched alkanes of at least 4 members (excludes halogenated alkanes) is 3. The van der Waals surface area contributed by atoms with Crippen molar-refractivity contribution in [2.24, 2.45) is 41.1 Å². The molecule has 1 aliphatic carbocycles. The Balaban J connectivity index is 1.33. The fourth-order valence-electron chi connectivity index (χ4n) is 14.2. The number of hydrogen-bond acceptors (Lipinski definition) is 22. The highest BCUT2D eigenvalue weighted by Gasteiger charge is 2.41. The van der Waals surface area contributed by atoms with E-state index in [0.717, 1.165) is 38.2 Å². The zero-order chi connectivity index (χ0) is 87.0. The first-order valence-electron chi connectivity index (χ1n) is 39.8. The second-order valence-corrected chi connectivity index (χ2v) is 30.6. The number of amides is 11. The number of ketones is 4. The SMILES string of the molecule is CCCCCCC1CCC(c2ccc(C(=O)N[C@@H](Cc3c[nH]c4ccccc34)C(=O)N[C@H](CC(N)=O)C(=O)C[C@@H](C)C(=O)N[C@@H]3C(=O)NCC(=O)N[C@@H](CCCN)C(=O)N[C@@H](CC(=O)O)C(=O)C[C@H](C)C(=O)N[C@@H](C)C(=O)NCC(=O)N[C@H](CO)C(=O)C[C@@H]([C@H](C)CC(=O)O)C(=O)N[C@@H](CC(=O)c4ccccc4N)C(=O)O[C@@H]3C)cc2)CC1. The summed E-state index contributed by atoms with van der Waals surface area (Å²) in [6.45, 7) is 4.86. The number of Topliss-reactive ketones (excluding diaryl/α,β-unsaturated/α-hetero) is 4. The van der Waals surface area contributed by atoms with Crippen molar-refractivity contribution in [3.8, 4) is 0 Å². The predicted octanol–water partition coefficient (Wildman–Crippen LogP) is 1.16. The number of nitrogen functional groups attached to an aromatic ring is 1. The van der Waals surface area contributed by atoms with Crippen LogP contribution in [-0.4, -0.2) is 207 Å². The summed E-state index contributed by atoms with van der Waals surface area (Å²) in [5.74, 6) is -25.5. The fraction of sp³-hybridized carbons (Fsp3) is 0.537. The van der Waals surface area contributed by atoms with Gasteiger partial charge in [0, 0.05) is 90.2 Å². The van der Waals surface area contributed by atoms with Crippen molar-refractivity contribution in [3.05, 3.63) is 101 Å². The molecule has 11 amide bonds. The first kappa shape index (κ1) is 95.0. The number of para-hydroxylation sites is 2. The molecule has 6 rings (SSSR count). The largest absolute Gasteiger partial charge is 0.481 e.